The SMILES string of the molecule is CCNC(=NCc1ccccc1OC(F)F)NCc1ccccc1S(=O)(=O)N(C)C. The van der Waals surface area contributed by atoms with Gasteiger partial charge in [0.05, 0.1) is 11.4 Å². The van der Waals surface area contributed by atoms with E-state index in [1.807, 2.05) is 6.92 Å². The van der Waals surface area contributed by atoms with Crippen LogP contribution in [0.3, 0.4) is 0 Å². The zero-order valence-corrected chi connectivity index (χ0v) is 17.9. The largest absolute Gasteiger partial charge is 0.434 e. The summed E-state index contributed by atoms with van der Waals surface area (Å²) in [6.07, 6.45) is 0. The highest BCUT2D eigenvalue weighted by Gasteiger charge is 2.20. The lowest BCUT2D eigenvalue weighted by Gasteiger charge is -2.17. The minimum atomic E-state index is -3.59. The van der Waals surface area contributed by atoms with Crippen LogP contribution >= 0.6 is 0 Å². The first-order valence-corrected chi connectivity index (χ1v) is 10.7. The number of aliphatic imine (C=N–C) groups is 1. The average molecular weight is 441 g/mol. The molecule has 0 atom stereocenters. The molecule has 0 amide bonds. The average Bonchev–Trinajstić information content (AvgIpc) is 2.70. The van der Waals surface area contributed by atoms with Gasteiger partial charge in [-0.25, -0.2) is 17.7 Å². The lowest BCUT2D eigenvalue weighted by atomic mass is 10.2. The fourth-order valence-electron chi connectivity index (χ4n) is 2.63. The van der Waals surface area contributed by atoms with Crippen LogP contribution in [0.5, 0.6) is 5.75 Å². The number of hydrogen-bond acceptors (Lipinski definition) is 4. The lowest BCUT2D eigenvalue weighted by molar-refractivity contribution is -0.0504. The molecule has 0 saturated carbocycles. The predicted molar refractivity (Wildman–Crippen MR) is 112 cm³/mol. The van der Waals surface area contributed by atoms with Crippen molar-refractivity contribution in [2.24, 2.45) is 4.99 Å². The summed E-state index contributed by atoms with van der Waals surface area (Å²) in [6.45, 7) is -0.148. The quantitative estimate of drug-likeness (QED) is 0.463. The fraction of sp³-hybridized carbons (Fsp3) is 0.350. The van der Waals surface area contributed by atoms with Crippen LogP contribution < -0.4 is 15.4 Å². The number of rotatable bonds is 9. The maximum atomic E-state index is 12.6. The molecule has 30 heavy (non-hydrogen) atoms. The van der Waals surface area contributed by atoms with Gasteiger partial charge in [-0.15, -0.1) is 0 Å². The molecule has 2 aromatic carbocycles. The monoisotopic (exact) mass is 440 g/mol. The zero-order valence-electron chi connectivity index (χ0n) is 17.1. The number of nitrogens with zero attached hydrogens (tertiary/aromatic N) is 2. The highest BCUT2D eigenvalue weighted by atomic mass is 32.2. The van der Waals surface area contributed by atoms with Crippen LogP contribution in [0.4, 0.5) is 8.78 Å². The summed E-state index contributed by atoms with van der Waals surface area (Å²) >= 11 is 0. The fourth-order valence-corrected chi connectivity index (χ4v) is 3.74. The minimum absolute atomic E-state index is 0.0644. The van der Waals surface area contributed by atoms with Gasteiger partial charge in [-0.2, -0.15) is 8.78 Å². The molecule has 10 heteroatoms. The van der Waals surface area contributed by atoms with Gasteiger partial charge in [-0.3, -0.25) is 0 Å². The highest BCUT2D eigenvalue weighted by Crippen LogP contribution is 2.21. The van der Waals surface area contributed by atoms with Gasteiger partial charge in [0, 0.05) is 32.7 Å². The maximum Gasteiger partial charge on any atom is 0.387 e. The molecule has 7 nitrogen and oxygen atoms in total. The Morgan fingerprint density at radius 1 is 1.07 bits per heavy atom. The number of nitrogens with one attached hydrogen (secondary N) is 2. The third-order valence-electron chi connectivity index (χ3n) is 4.12. The summed E-state index contributed by atoms with van der Waals surface area (Å²) in [6, 6.07) is 13.1. The van der Waals surface area contributed by atoms with Gasteiger partial charge in [-0.05, 0) is 24.6 Å². The van der Waals surface area contributed by atoms with E-state index in [4.69, 9.17) is 0 Å². The van der Waals surface area contributed by atoms with Crippen LogP contribution in [0.2, 0.25) is 0 Å². The van der Waals surface area contributed by atoms with Crippen molar-refractivity contribution in [1.29, 1.82) is 0 Å². The summed E-state index contributed by atoms with van der Waals surface area (Å²) in [5.41, 5.74) is 1.09. The number of para-hydroxylation sites is 1. The van der Waals surface area contributed by atoms with Crippen molar-refractivity contribution in [2.75, 3.05) is 20.6 Å². The molecular weight excluding hydrogens is 414 g/mol. The predicted octanol–water partition coefficient (Wildman–Crippen LogP) is 2.79. The van der Waals surface area contributed by atoms with E-state index in [0.717, 1.165) is 4.31 Å². The molecule has 0 spiro atoms. The summed E-state index contributed by atoms with van der Waals surface area (Å²) < 4.78 is 55.9. The van der Waals surface area contributed by atoms with Crippen molar-refractivity contribution in [3.8, 4) is 5.75 Å². The van der Waals surface area contributed by atoms with E-state index in [9.17, 15) is 17.2 Å². The van der Waals surface area contributed by atoms with Crippen molar-refractivity contribution in [3.63, 3.8) is 0 Å². The number of halogens is 2. The first-order chi connectivity index (χ1) is 14.3. The van der Waals surface area contributed by atoms with E-state index in [2.05, 4.69) is 20.4 Å². The summed E-state index contributed by atoms with van der Waals surface area (Å²) in [5.74, 6) is 0.482. The number of alkyl halides is 2. The van der Waals surface area contributed by atoms with Gasteiger partial charge in [0.15, 0.2) is 5.96 Å². The molecule has 164 valence electrons. The zero-order chi connectivity index (χ0) is 22.1. The Morgan fingerprint density at radius 3 is 2.33 bits per heavy atom. The molecule has 0 fully saturated rings. The molecule has 0 radical (unpaired) electrons. The molecule has 0 heterocycles. The Bertz CT molecular complexity index is 966. The Hall–Kier alpha value is -2.72. The van der Waals surface area contributed by atoms with Crippen LogP contribution in [0.25, 0.3) is 0 Å². The molecule has 0 aliphatic carbocycles. The van der Waals surface area contributed by atoms with Gasteiger partial charge < -0.3 is 15.4 Å². The number of sulfonamides is 1. The van der Waals surface area contributed by atoms with E-state index >= 15 is 0 Å². The summed E-state index contributed by atoms with van der Waals surface area (Å²) in [5, 5.41) is 6.14. The van der Waals surface area contributed by atoms with Crippen LogP contribution in [0, 0.1) is 0 Å². The van der Waals surface area contributed by atoms with Gasteiger partial charge in [0.1, 0.15) is 5.75 Å². The van der Waals surface area contributed by atoms with E-state index < -0.39 is 16.6 Å². The third-order valence-corrected chi connectivity index (χ3v) is 6.03. The van der Waals surface area contributed by atoms with Crippen LogP contribution in [-0.2, 0) is 23.1 Å². The van der Waals surface area contributed by atoms with Crippen molar-refractivity contribution >= 4 is 16.0 Å². The van der Waals surface area contributed by atoms with Crippen molar-refractivity contribution in [3.05, 3.63) is 59.7 Å². The van der Waals surface area contributed by atoms with E-state index in [1.54, 1.807) is 42.5 Å². The Morgan fingerprint density at radius 2 is 1.70 bits per heavy atom. The number of hydrogen-bond donors (Lipinski definition) is 2. The molecule has 2 rings (SSSR count). The third kappa shape index (κ3) is 6.39. The van der Waals surface area contributed by atoms with E-state index in [-0.39, 0.29) is 23.7 Å². The van der Waals surface area contributed by atoms with Gasteiger partial charge in [-0.1, -0.05) is 36.4 Å². The number of benzene rings is 2. The molecule has 0 aromatic heterocycles. The highest BCUT2D eigenvalue weighted by molar-refractivity contribution is 7.89. The second kappa shape index (κ2) is 10.9. The first-order valence-electron chi connectivity index (χ1n) is 9.31. The normalized spacial score (nSPS) is 12.3. The second-order valence-corrected chi connectivity index (χ2v) is 8.55. The van der Waals surface area contributed by atoms with Gasteiger partial charge in [0.2, 0.25) is 10.0 Å². The Balaban J connectivity index is 2.19. The van der Waals surface area contributed by atoms with Crippen molar-refractivity contribution in [2.45, 2.75) is 31.5 Å². The number of ether oxygens (including phenoxy) is 1. The van der Waals surface area contributed by atoms with Crippen molar-refractivity contribution < 1.29 is 21.9 Å². The lowest BCUT2D eigenvalue weighted by Crippen LogP contribution is -2.37. The maximum absolute atomic E-state index is 12.6. The van der Waals surface area contributed by atoms with Crippen molar-refractivity contribution in [1.82, 2.24) is 14.9 Å². The molecule has 0 aliphatic heterocycles. The van der Waals surface area contributed by atoms with E-state index in [0.29, 0.717) is 23.6 Å². The second-order valence-electron chi connectivity index (χ2n) is 6.43. The smallest absolute Gasteiger partial charge is 0.387 e. The minimum Gasteiger partial charge on any atom is -0.434 e. The Kier molecular flexibility index (Phi) is 8.55. The van der Waals surface area contributed by atoms with Crippen LogP contribution in [-0.4, -0.2) is 45.9 Å². The molecule has 2 aromatic rings. The Labute approximate surface area is 175 Å². The topological polar surface area (TPSA) is 83.0 Å². The van der Waals surface area contributed by atoms with Gasteiger partial charge in [0.25, 0.3) is 0 Å². The first kappa shape index (κ1) is 23.6. The molecular formula is C20H26F2N4O3S. The molecule has 0 bridgehead atoms. The van der Waals surface area contributed by atoms with E-state index in [1.165, 1.54) is 20.2 Å². The molecule has 0 unspecified atom stereocenters. The summed E-state index contributed by atoms with van der Waals surface area (Å²) in [4.78, 5) is 4.61. The standard InChI is InChI=1S/C20H26F2N4O3S/c1-4-23-20(24-13-15-9-5-7-11-17(15)29-19(21)22)25-14-16-10-6-8-12-18(16)30(27,28)26(2)3/h5-12,19H,4,13-14H2,1-3H3,(H2,23,24,25). The number of guanidine groups is 1. The molecule has 0 saturated heterocycles. The molecule has 2 N–H and O–H groups in total. The van der Waals surface area contributed by atoms with Crippen LogP contribution in [0.15, 0.2) is 58.4 Å². The van der Waals surface area contributed by atoms with Gasteiger partial charge >= 0.3 is 6.61 Å². The van der Waals surface area contributed by atoms with Crippen LogP contribution in [0.1, 0.15) is 18.1 Å². The molecule has 0 aliphatic rings. The summed E-state index contributed by atoms with van der Waals surface area (Å²) in [7, 11) is -0.642.